The zero-order valence-corrected chi connectivity index (χ0v) is 19.5. The molecule has 0 N–H and O–H groups in total. The van der Waals surface area contributed by atoms with Gasteiger partial charge in [-0.25, -0.2) is 4.98 Å². The standard InChI is InChI=1S/C24H20IN3O3/c1-15-5-4-6-16(11-15)14-26-28-23(17-7-10-21(30-2)22(12-17)31-3)27-20-9-8-18(25)13-19(20)24(28)29/h4-14H,1-3H3. The molecule has 7 heteroatoms. The largest absolute Gasteiger partial charge is 0.493 e. The van der Waals surface area contributed by atoms with Gasteiger partial charge in [0.15, 0.2) is 17.3 Å². The summed E-state index contributed by atoms with van der Waals surface area (Å²) in [5, 5.41) is 5.03. The van der Waals surface area contributed by atoms with Gasteiger partial charge in [-0.3, -0.25) is 4.79 Å². The van der Waals surface area contributed by atoms with Crippen LogP contribution in [0.1, 0.15) is 11.1 Å². The molecule has 31 heavy (non-hydrogen) atoms. The zero-order valence-electron chi connectivity index (χ0n) is 17.3. The Hall–Kier alpha value is -3.20. The summed E-state index contributed by atoms with van der Waals surface area (Å²) in [6.45, 7) is 2.01. The Morgan fingerprint density at radius 3 is 2.55 bits per heavy atom. The van der Waals surface area contributed by atoms with Crippen molar-refractivity contribution in [1.82, 2.24) is 9.66 Å². The Morgan fingerprint density at radius 2 is 1.81 bits per heavy atom. The maximum absolute atomic E-state index is 13.4. The van der Waals surface area contributed by atoms with E-state index in [1.54, 1.807) is 32.6 Å². The summed E-state index contributed by atoms with van der Waals surface area (Å²) in [6, 6.07) is 18.9. The van der Waals surface area contributed by atoms with Gasteiger partial charge in [-0.1, -0.05) is 29.8 Å². The molecule has 6 nitrogen and oxygen atoms in total. The zero-order chi connectivity index (χ0) is 22.0. The lowest BCUT2D eigenvalue weighted by Crippen LogP contribution is -2.20. The van der Waals surface area contributed by atoms with E-state index in [0.717, 1.165) is 14.7 Å². The van der Waals surface area contributed by atoms with Crippen molar-refractivity contribution in [1.29, 1.82) is 0 Å². The van der Waals surface area contributed by atoms with Crippen molar-refractivity contribution in [2.45, 2.75) is 6.92 Å². The Bertz CT molecular complexity index is 1360. The molecule has 4 aromatic rings. The van der Waals surface area contributed by atoms with E-state index in [4.69, 9.17) is 14.5 Å². The van der Waals surface area contributed by atoms with Gasteiger partial charge >= 0.3 is 0 Å². The van der Waals surface area contributed by atoms with Gasteiger partial charge in [0.05, 0.1) is 31.3 Å². The summed E-state index contributed by atoms with van der Waals surface area (Å²) in [4.78, 5) is 18.1. The van der Waals surface area contributed by atoms with E-state index in [0.29, 0.717) is 33.8 Å². The lowest BCUT2D eigenvalue weighted by atomic mass is 10.1. The molecule has 0 aliphatic heterocycles. The maximum atomic E-state index is 13.4. The van der Waals surface area contributed by atoms with Crippen LogP contribution in [-0.2, 0) is 0 Å². The number of aromatic nitrogens is 2. The number of hydrogen-bond donors (Lipinski definition) is 0. The summed E-state index contributed by atoms with van der Waals surface area (Å²) in [7, 11) is 3.15. The van der Waals surface area contributed by atoms with Crippen molar-refractivity contribution in [3.05, 3.63) is 85.7 Å². The van der Waals surface area contributed by atoms with Crippen LogP contribution in [0, 0.1) is 10.5 Å². The Balaban J connectivity index is 1.96. The van der Waals surface area contributed by atoms with Crippen LogP contribution in [0.5, 0.6) is 11.5 Å². The van der Waals surface area contributed by atoms with Crippen molar-refractivity contribution in [2.24, 2.45) is 5.10 Å². The first-order chi connectivity index (χ1) is 15.0. The van der Waals surface area contributed by atoms with E-state index in [2.05, 4.69) is 27.7 Å². The van der Waals surface area contributed by atoms with Gasteiger partial charge in [-0.2, -0.15) is 9.78 Å². The third kappa shape index (κ3) is 4.32. The number of hydrogen-bond acceptors (Lipinski definition) is 5. The second-order valence-corrected chi connectivity index (χ2v) is 8.19. The third-order valence-corrected chi connectivity index (χ3v) is 5.49. The van der Waals surface area contributed by atoms with Crippen LogP contribution in [0.25, 0.3) is 22.3 Å². The lowest BCUT2D eigenvalue weighted by Gasteiger charge is -2.12. The third-order valence-electron chi connectivity index (χ3n) is 4.81. The molecular weight excluding hydrogens is 505 g/mol. The molecule has 3 aromatic carbocycles. The van der Waals surface area contributed by atoms with Gasteiger partial charge in [0.25, 0.3) is 5.56 Å². The highest BCUT2D eigenvalue weighted by Crippen LogP contribution is 2.32. The van der Waals surface area contributed by atoms with E-state index in [1.165, 1.54) is 4.68 Å². The van der Waals surface area contributed by atoms with Crippen LogP contribution >= 0.6 is 22.6 Å². The molecule has 0 spiro atoms. The number of methoxy groups -OCH3 is 2. The number of nitrogens with zero attached hydrogens (tertiary/aromatic N) is 3. The predicted octanol–water partition coefficient (Wildman–Crippen LogP) is 4.88. The lowest BCUT2D eigenvalue weighted by molar-refractivity contribution is 0.355. The molecule has 0 saturated carbocycles. The molecule has 0 radical (unpaired) electrons. The fraction of sp³-hybridized carbons (Fsp3) is 0.125. The summed E-state index contributed by atoms with van der Waals surface area (Å²) >= 11 is 2.18. The smallest absolute Gasteiger partial charge is 0.282 e. The highest BCUT2D eigenvalue weighted by Gasteiger charge is 2.15. The van der Waals surface area contributed by atoms with Crippen LogP contribution < -0.4 is 15.0 Å². The van der Waals surface area contributed by atoms with Gasteiger partial charge < -0.3 is 9.47 Å². The molecule has 1 aromatic heterocycles. The van der Waals surface area contributed by atoms with Gasteiger partial charge in [-0.15, -0.1) is 0 Å². The molecule has 0 aliphatic carbocycles. The molecule has 4 rings (SSSR count). The Morgan fingerprint density at radius 1 is 1.00 bits per heavy atom. The summed E-state index contributed by atoms with van der Waals surface area (Å²) < 4.78 is 13.1. The monoisotopic (exact) mass is 525 g/mol. The highest BCUT2D eigenvalue weighted by atomic mass is 127. The fourth-order valence-corrected chi connectivity index (χ4v) is 3.78. The molecule has 0 saturated heterocycles. The summed E-state index contributed by atoms with van der Waals surface area (Å²) in [6.07, 6.45) is 1.67. The van der Waals surface area contributed by atoms with Crippen LogP contribution in [-0.4, -0.2) is 30.1 Å². The van der Waals surface area contributed by atoms with Crippen LogP contribution in [0.4, 0.5) is 0 Å². The minimum Gasteiger partial charge on any atom is -0.493 e. The maximum Gasteiger partial charge on any atom is 0.282 e. The molecular formula is C24H20IN3O3. The topological polar surface area (TPSA) is 65.7 Å². The second-order valence-electron chi connectivity index (χ2n) is 6.94. The number of benzene rings is 3. The second kappa shape index (κ2) is 8.89. The van der Waals surface area contributed by atoms with Gasteiger partial charge in [-0.05, 0) is 71.5 Å². The first kappa shape index (κ1) is 21.0. The molecule has 0 unspecified atom stereocenters. The molecule has 0 bridgehead atoms. The van der Waals surface area contributed by atoms with Crippen LogP contribution in [0.15, 0.2) is 70.6 Å². The first-order valence-corrected chi connectivity index (χ1v) is 10.6. The molecule has 1 heterocycles. The van der Waals surface area contributed by atoms with Gasteiger partial charge in [0, 0.05) is 9.13 Å². The summed E-state index contributed by atoms with van der Waals surface area (Å²) in [5.74, 6) is 1.56. The number of halogens is 1. The predicted molar refractivity (Wildman–Crippen MR) is 131 cm³/mol. The molecule has 0 aliphatic rings. The van der Waals surface area contributed by atoms with E-state index < -0.39 is 0 Å². The minimum absolute atomic E-state index is 0.239. The Kier molecular flexibility index (Phi) is 6.03. The number of aryl methyl sites for hydroxylation is 1. The van der Waals surface area contributed by atoms with E-state index in [1.807, 2.05) is 55.5 Å². The van der Waals surface area contributed by atoms with E-state index in [-0.39, 0.29) is 5.56 Å². The average Bonchev–Trinajstić information content (AvgIpc) is 2.78. The molecule has 0 fully saturated rings. The highest BCUT2D eigenvalue weighted by molar-refractivity contribution is 14.1. The first-order valence-electron chi connectivity index (χ1n) is 9.56. The van der Waals surface area contributed by atoms with Crippen molar-refractivity contribution >= 4 is 39.7 Å². The van der Waals surface area contributed by atoms with Crippen molar-refractivity contribution < 1.29 is 9.47 Å². The Labute approximate surface area is 193 Å². The van der Waals surface area contributed by atoms with Crippen molar-refractivity contribution in [3.63, 3.8) is 0 Å². The average molecular weight is 525 g/mol. The van der Waals surface area contributed by atoms with Gasteiger partial charge in [0.2, 0.25) is 0 Å². The minimum atomic E-state index is -0.239. The number of ether oxygens (including phenoxy) is 2. The van der Waals surface area contributed by atoms with E-state index in [9.17, 15) is 4.79 Å². The van der Waals surface area contributed by atoms with E-state index >= 15 is 0 Å². The van der Waals surface area contributed by atoms with Crippen LogP contribution in [0.3, 0.4) is 0 Å². The van der Waals surface area contributed by atoms with Crippen molar-refractivity contribution in [2.75, 3.05) is 14.2 Å². The molecule has 156 valence electrons. The SMILES string of the molecule is COc1ccc(-c2nc3ccc(I)cc3c(=O)n2N=Cc2cccc(C)c2)cc1OC. The quantitative estimate of drug-likeness (QED) is 0.276. The number of fused-ring (bicyclic) bond motifs is 1. The summed E-state index contributed by atoms with van der Waals surface area (Å²) in [5.41, 5.74) is 3.07. The molecule has 0 atom stereocenters. The van der Waals surface area contributed by atoms with Crippen LogP contribution in [0.2, 0.25) is 0 Å². The normalized spacial score (nSPS) is 11.2. The number of rotatable bonds is 5. The van der Waals surface area contributed by atoms with Crippen molar-refractivity contribution in [3.8, 4) is 22.9 Å². The van der Waals surface area contributed by atoms with Gasteiger partial charge in [0.1, 0.15) is 0 Å². The molecule has 0 amide bonds. The fourth-order valence-electron chi connectivity index (χ4n) is 3.29.